The third-order valence-corrected chi connectivity index (χ3v) is 6.77. The van der Waals surface area contributed by atoms with E-state index in [2.05, 4.69) is 0 Å². The monoisotopic (exact) mass is 451 g/mol. The van der Waals surface area contributed by atoms with Gasteiger partial charge in [0, 0.05) is 36.3 Å². The summed E-state index contributed by atoms with van der Waals surface area (Å²) in [5.41, 5.74) is 3.14. The fraction of sp³-hybridized carbons (Fsp3) is 0.148. The molecule has 7 heteroatoms. The number of methoxy groups -OCH3 is 1. The maximum absolute atomic E-state index is 13.6. The average Bonchev–Trinajstić information content (AvgIpc) is 3.16. The van der Waals surface area contributed by atoms with E-state index in [0.29, 0.717) is 33.7 Å². The van der Waals surface area contributed by atoms with Crippen LogP contribution in [0.1, 0.15) is 17.2 Å². The van der Waals surface area contributed by atoms with Crippen molar-refractivity contribution < 1.29 is 9.84 Å². The molecule has 0 spiro atoms. The lowest BCUT2D eigenvalue weighted by Gasteiger charge is -2.20. The molecule has 0 radical (unpaired) electrons. The summed E-state index contributed by atoms with van der Waals surface area (Å²) in [6.07, 6.45) is -0.983. The predicted molar refractivity (Wildman–Crippen MR) is 131 cm³/mol. The summed E-state index contributed by atoms with van der Waals surface area (Å²) in [5, 5.41) is 13.6. The van der Waals surface area contributed by atoms with Crippen LogP contribution in [-0.4, -0.2) is 26.3 Å². The van der Waals surface area contributed by atoms with Crippen molar-refractivity contribution in [3.63, 3.8) is 0 Å². The van der Waals surface area contributed by atoms with Crippen LogP contribution in [0.4, 0.5) is 0 Å². The third kappa shape index (κ3) is 2.53. The lowest BCUT2D eigenvalue weighted by atomic mass is 9.90. The average molecular weight is 451 g/mol. The normalized spacial score (nSPS) is 14.4. The quantitative estimate of drug-likeness (QED) is 0.444. The van der Waals surface area contributed by atoms with Gasteiger partial charge in [0.2, 0.25) is 0 Å². The number of fused-ring (bicyclic) bond motifs is 5. The number of hydrogen-bond donors (Lipinski definition) is 1. The Hall–Kier alpha value is -4.23. The van der Waals surface area contributed by atoms with Crippen LogP contribution >= 0.6 is 0 Å². The number of nitrogens with zero attached hydrogens (tertiary/aromatic N) is 3. The van der Waals surface area contributed by atoms with Crippen LogP contribution in [0.2, 0.25) is 0 Å². The second-order valence-electron chi connectivity index (χ2n) is 8.51. The van der Waals surface area contributed by atoms with Gasteiger partial charge >= 0.3 is 5.69 Å². The van der Waals surface area contributed by atoms with Crippen molar-refractivity contribution in [2.75, 3.05) is 7.11 Å². The molecular formula is C27H21N3O4. The van der Waals surface area contributed by atoms with E-state index in [1.54, 1.807) is 14.2 Å². The maximum Gasteiger partial charge on any atom is 0.332 e. The summed E-state index contributed by atoms with van der Waals surface area (Å²) in [5.74, 6) is 0.562. The molecule has 3 aromatic carbocycles. The number of aromatic nitrogens is 3. The highest BCUT2D eigenvalue weighted by Gasteiger charge is 2.35. The molecule has 7 nitrogen and oxygen atoms in total. The number of rotatable bonds is 2. The van der Waals surface area contributed by atoms with Crippen LogP contribution in [0.3, 0.4) is 0 Å². The van der Waals surface area contributed by atoms with E-state index < -0.39 is 17.4 Å². The van der Waals surface area contributed by atoms with E-state index in [1.165, 1.54) is 11.6 Å². The van der Waals surface area contributed by atoms with Gasteiger partial charge < -0.3 is 9.84 Å². The van der Waals surface area contributed by atoms with Gasteiger partial charge in [-0.3, -0.25) is 13.9 Å². The van der Waals surface area contributed by atoms with Gasteiger partial charge in [0.15, 0.2) is 5.65 Å². The van der Waals surface area contributed by atoms with Crippen molar-refractivity contribution in [2.24, 2.45) is 14.1 Å². The standard InChI is InChI=1S/C27H21N3O4/c1-29-25-22(26(32)30(2)27(29)33)20(19-15-9-5-4-8-14(15)12-13-18(19)34-3)21-23(28-25)16-10-6-7-11-17(16)24(21)31/h4-13,24,31H,1-3H3/t24-/m1/s1. The number of aliphatic hydroxyl groups is 1. The molecule has 0 amide bonds. The van der Waals surface area contributed by atoms with Crippen molar-refractivity contribution >= 4 is 21.8 Å². The summed E-state index contributed by atoms with van der Waals surface area (Å²) in [6, 6.07) is 19.1. The van der Waals surface area contributed by atoms with Crippen LogP contribution in [0.25, 0.3) is 44.2 Å². The SMILES string of the molecule is COc1ccc2ccccc2c1-c1c2c(nc3c1c(=O)n(C)c(=O)n3C)-c1ccccc1[C@H]2O. The molecule has 0 saturated heterocycles. The number of aliphatic hydroxyl groups excluding tert-OH is 1. The lowest BCUT2D eigenvalue weighted by Crippen LogP contribution is -2.37. The number of benzene rings is 3. The van der Waals surface area contributed by atoms with Crippen LogP contribution in [-0.2, 0) is 14.1 Å². The first kappa shape index (κ1) is 20.4. The third-order valence-electron chi connectivity index (χ3n) is 6.77. The van der Waals surface area contributed by atoms with Crippen LogP contribution in [0.5, 0.6) is 5.75 Å². The summed E-state index contributed by atoms with van der Waals surface area (Å²) in [6.45, 7) is 0. The Morgan fingerprint density at radius 3 is 2.44 bits per heavy atom. The van der Waals surface area contributed by atoms with E-state index in [4.69, 9.17) is 9.72 Å². The van der Waals surface area contributed by atoms with Gasteiger partial charge in [-0.1, -0.05) is 54.6 Å². The molecule has 1 atom stereocenters. The summed E-state index contributed by atoms with van der Waals surface area (Å²) in [4.78, 5) is 31.2. The molecule has 5 aromatic rings. The molecule has 0 unspecified atom stereocenters. The minimum absolute atomic E-state index is 0.265. The number of ether oxygens (including phenoxy) is 1. The largest absolute Gasteiger partial charge is 0.496 e. The number of aryl methyl sites for hydroxylation is 1. The minimum atomic E-state index is -0.983. The minimum Gasteiger partial charge on any atom is -0.496 e. The van der Waals surface area contributed by atoms with E-state index in [-0.39, 0.29) is 11.0 Å². The molecule has 1 aliphatic carbocycles. The fourth-order valence-corrected chi connectivity index (χ4v) is 5.12. The molecule has 2 heterocycles. The van der Waals surface area contributed by atoms with Gasteiger partial charge in [-0.2, -0.15) is 0 Å². The van der Waals surface area contributed by atoms with E-state index in [1.807, 2.05) is 60.7 Å². The number of pyridine rings is 1. The highest BCUT2D eigenvalue weighted by atomic mass is 16.5. The van der Waals surface area contributed by atoms with Crippen molar-refractivity contribution in [2.45, 2.75) is 6.10 Å². The van der Waals surface area contributed by atoms with Crippen LogP contribution in [0, 0.1) is 0 Å². The Morgan fingerprint density at radius 2 is 1.65 bits per heavy atom. The van der Waals surface area contributed by atoms with E-state index in [0.717, 1.165) is 20.9 Å². The van der Waals surface area contributed by atoms with Crippen LogP contribution in [0.15, 0.2) is 70.3 Å². The van der Waals surface area contributed by atoms with E-state index in [9.17, 15) is 14.7 Å². The molecule has 2 aromatic heterocycles. The first-order valence-electron chi connectivity index (χ1n) is 10.9. The Kier molecular flexibility index (Phi) is 4.28. The first-order valence-corrected chi connectivity index (χ1v) is 10.9. The zero-order valence-electron chi connectivity index (χ0n) is 18.9. The Morgan fingerprint density at radius 1 is 0.912 bits per heavy atom. The summed E-state index contributed by atoms with van der Waals surface area (Å²) >= 11 is 0. The van der Waals surface area contributed by atoms with Gasteiger partial charge in [-0.25, -0.2) is 9.78 Å². The highest BCUT2D eigenvalue weighted by Crippen LogP contribution is 2.51. The molecule has 6 rings (SSSR count). The molecule has 0 saturated carbocycles. The van der Waals surface area contributed by atoms with Gasteiger partial charge in [-0.15, -0.1) is 0 Å². The summed E-state index contributed by atoms with van der Waals surface area (Å²) < 4.78 is 8.23. The molecule has 1 N–H and O–H groups in total. The summed E-state index contributed by atoms with van der Waals surface area (Å²) in [7, 11) is 4.63. The van der Waals surface area contributed by atoms with Gasteiger partial charge in [0.25, 0.3) is 5.56 Å². The molecule has 0 fully saturated rings. The first-order chi connectivity index (χ1) is 16.4. The Labute approximate surface area is 194 Å². The topological polar surface area (TPSA) is 86.4 Å². The molecule has 0 bridgehead atoms. The van der Waals surface area contributed by atoms with Gasteiger partial charge in [0.1, 0.15) is 11.9 Å². The van der Waals surface area contributed by atoms with Crippen LogP contribution < -0.4 is 16.0 Å². The molecular weight excluding hydrogens is 430 g/mol. The maximum atomic E-state index is 13.6. The highest BCUT2D eigenvalue weighted by molar-refractivity contribution is 6.09. The van der Waals surface area contributed by atoms with Crippen molar-refractivity contribution in [3.05, 3.63) is 92.6 Å². The fourth-order valence-electron chi connectivity index (χ4n) is 5.12. The molecule has 168 valence electrons. The molecule has 0 aliphatic heterocycles. The Bertz CT molecular complexity index is 1780. The van der Waals surface area contributed by atoms with Gasteiger partial charge in [0.05, 0.1) is 18.2 Å². The van der Waals surface area contributed by atoms with Crippen molar-refractivity contribution in [1.82, 2.24) is 14.1 Å². The van der Waals surface area contributed by atoms with Crippen molar-refractivity contribution in [1.29, 1.82) is 0 Å². The smallest absolute Gasteiger partial charge is 0.332 e. The zero-order valence-corrected chi connectivity index (χ0v) is 18.9. The van der Waals surface area contributed by atoms with Gasteiger partial charge in [-0.05, 0) is 22.4 Å². The predicted octanol–water partition coefficient (Wildman–Crippen LogP) is 3.52. The molecule has 1 aliphatic rings. The van der Waals surface area contributed by atoms with Crippen molar-refractivity contribution in [3.8, 4) is 28.1 Å². The number of hydrogen-bond acceptors (Lipinski definition) is 5. The lowest BCUT2D eigenvalue weighted by molar-refractivity contribution is 0.225. The molecule has 34 heavy (non-hydrogen) atoms. The second-order valence-corrected chi connectivity index (χ2v) is 8.51. The Balaban J connectivity index is 1.94. The second kappa shape index (κ2) is 7.13. The van der Waals surface area contributed by atoms with E-state index >= 15 is 0 Å². The zero-order chi connectivity index (χ0) is 23.7.